The largest absolute Gasteiger partial charge is 0.506 e. The Kier molecular flexibility index (Phi) is 4.07. The van der Waals surface area contributed by atoms with Crippen molar-refractivity contribution < 1.29 is 14.3 Å². The van der Waals surface area contributed by atoms with Gasteiger partial charge in [-0.05, 0) is 42.2 Å². The van der Waals surface area contributed by atoms with E-state index in [2.05, 4.69) is 39.6 Å². The summed E-state index contributed by atoms with van der Waals surface area (Å²) in [6.45, 7) is 13.6. The van der Waals surface area contributed by atoms with Crippen LogP contribution >= 0.6 is 0 Å². The molecular formula is C24H27NO3. The summed E-state index contributed by atoms with van der Waals surface area (Å²) in [5, 5.41) is 10.6. The van der Waals surface area contributed by atoms with Crippen molar-refractivity contribution in [2.45, 2.75) is 41.5 Å². The van der Waals surface area contributed by atoms with Gasteiger partial charge < -0.3 is 14.3 Å². The van der Waals surface area contributed by atoms with Crippen LogP contribution in [0.25, 0.3) is 28.3 Å². The molecule has 4 heteroatoms. The van der Waals surface area contributed by atoms with Gasteiger partial charge in [-0.1, -0.05) is 52.3 Å². The van der Waals surface area contributed by atoms with Crippen molar-refractivity contribution in [3.05, 3.63) is 53.1 Å². The molecule has 2 heterocycles. The summed E-state index contributed by atoms with van der Waals surface area (Å²) < 4.78 is 12.1. The minimum Gasteiger partial charge on any atom is -0.506 e. The van der Waals surface area contributed by atoms with Crippen molar-refractivity contribution in [1.82, 2.24) is 4.98 Å². The first kappa shape index (κ1) is 18.6. The molecule has 0 aliphatic carbocycles. The second-order valence-corrected chi connectivity index (χ2v) is 9.35. The summed E-state index contributed by atoms with van der Waals surface area (Å²) in [4.78, 5) is 4.50. The molecule has 1 aliphatic rings. The Morgan fingerprint density at radius 3 is 2.36 bits per heavy atom. The summed E-state index contributed by atoms with van der Waals surface area (Å²) >= 11 is 0. The average Bonchev–Trinajstić information content (AvgIpc) is 3.16. The van der Waals surface area contributed by atoms with E-state index >= 15 is 0 Å². The highest BCUT2D eigenvalue weighted by atomic mass is 16.5. The van der Waals surface area contributed by atoms with Crippen molar-refractivity contribution in [3.63, 3.8) is 0 Å². The summed E-state index contributed by atoms with van der Waals surface area (Å²) in [7, 11) is 0. The Labute approximate surface area is 165 Å². The average molecular weight is 377 g/mol. The Morgan fingerprint density at radius 1 is 1.04 bits per heavy atom. The van der Waals surface area contributed by atoms with Crippen molar-refractivity contribution in [2.24, 2.45) is 10.8 Å². The fourth-order valence-electron chi connectivity index (χ4n) is 4.25. The van der Waals surface area contributed by atoms with Gasteiger partial charge in [-0.15, -0.1) is 0 Å². The van der Waals surface area contributed by atoms with Crippen LogP contribution < -0.4 is 0 Å². The number of aromatic nitrogens is 1. The van der Waals surface area contributed by atoms with E-state index in [4.69, 9.17) is 9.15 Å². The van der Waals surface area contributed by atoms with Crippen LogP contribution in [0.5, 0.6) is 5.75 Å². The maximum Gasteiger partial charge on any atom is 0.227 e. The van der Waals surface area contributed by atoms with Crippen molar-refractivity contribution in [1.29, 1.82) is 0 Å². The van der Waals surface area contributed by atoms with Gasteiger partial charge in [0.05, 0.1) is 6.61 Å². The summed E-state index contributed by atoms with van der Waals surface area (Å²) in [5.41, 5.74) is 5.04. The van der Waals surface area contributed by atoms with Gasteiger partial charge in [0, 0.05) is 16.5 Å². The van der Waals surface area contributed by atoms with Gasteiger partial charge in [-0.2, -0.15) is 0 Å². The molecule has 4 rings (SSSR count). The molecule has 0 atom stereocenters. The van der Waals surface area contributed by atoms with Crippen molar-refractivity contribution in [3.8, 4) is 17.2 Å². The third kappa shape index (κ3) is 3.07. The summed E-state index contributed by atoms with van der Waals surface area (Å²) in [5.74, 6) is 1.44. The van der Waals surface area contributed by atoms with Gasteiger partial charge in [0.2, 0.25) is 5.89 Å². The van der Waals surface area contributed by atoms with E-state index in [1.54, 1.807) is 6.07 Å². The maximum absolute atomic E-state index is 10.6. The first-order valence-corrected chi connectivity index (χ1v) is 9.65. The van der Waals surface area contributed by atoms with E-state index in [0.717, 1.165) is 16.9 Å². The Bertz CT molecular complexity index is 1080. The molecule has 3 aromatic rings. The highest BCUT2D eigenvalue weighted by molar-refractivity contribution is 5.86. The fraction of sp³-hybridized carbons (Fsp3) is 0.375. The van der Waals surface area contributed by atoms with Crippen LogP contribution in [0.3, 0.4) is 0 Å². The lowest BCUT2D eigenvalue weighted by Gasteiger charge is -2.30. The van der Waals surface area contributed by atoms with E-state index in [-0.39, 0.29) is 16.6 Å². The lowest BCUT2D eigenvalue weighted by Crippen LogP contribution is -2.24. The zero-order chi connectivity index (χ0) is 20.3. The molecule has 1 aromatic heterocycles. The molecule has 0 saturated heterocycles. The van der Waals surface area contributed by atoms with E-state index in [1.165, 1.54) is 11.1 Å². The van der Waals surface area contributed by atoms with E-state index in [0.29, 0.717) is 23.6 Å². The number of phenolic OH excluding ortho intramolecular Hbond substituents is 1. The molecule has 28 heavy (non-hydrogen) atoms. The number of hydrogen-bond donors (Lipinski definition) is 1. The highest BCUT2D eigenvalue weighted by Crippen LogP contribution is 2.50. The normalized spacial score (nSPS) is 16.6. The zero-order valence-corrected chi connectivity index (χ0v) is 17.4. The molecule has 4 nitrogen and oxygen atoms in total. The predicted molar refractivity (Wildman–Crippen MR) is 112 cm³/mol. The molecule has 0 saturated carbocycles. The van der Waals surface area contributed by atoms with Crippen molar-refractivity contribution >= 4 is 16.9 Å². The number of hydrogen-bond acceptors (Lipinski definition) is 4. The van der Waals surface area contributed by atoms with E-state index < -0.39 is 0 Å². The molecule has 1 aliphatic heterocycles. The number of rotatable bonds is 2. The minimum atomic E-state index is -0.0629. The molecule has 0 unspecified atom stereocenters. The first-order chi connectivity index (χ1) is 13.1. The monoisotopic (exact) mass is 377 g/mol. The molecule has 1 N–H and O–H groups in total. The highest BCUT2D eigenvalue weighted by Gasteiger charge is 2.41. The second-order valence-electron chi connectivity index (χ2n) is 9.35. The molecule has 0 spiro atoms. The second kappa shape index (κ2) is 6.13. The van der Waals surface area contributed by atoms with Crippen LogP contribution in [0.4, 0.5) is 0 Å². The van der Waals surface area contributed by atoms with Crippen molar-refractivity contribution in [2.75, 3.05) is 6.61 Å². The first-order valence-electron chi connectivity index (χ1n) is 9.65. The smallest absolute Gasteiger partial charge is 0.227 e. The standard InChI is InChI=1S/C24H27NO3/c1-14-7-9-15(10-8-14)22-25-19-17(26)11-16(12-18(19)28-22)20-21(23(2,3)4)24(5,6)13-27-20/h7-12,26H,13H2,1-6H3. The molecule has 0 radical (unpaired) electrons. The number of nitrogens with zero attached hydrogens (tertiary/aromatic N) is 1. The van der Waals surface area contributed by atoms with Gasteiger partial charge in [0.1, 0.15) is 11.5 Å². The number of aryl methyl sites for hydroxylation is 1. The minimum absolute atomic E-state index is 0.0472. The van der Waals surface area contributed by atoms with Crippen LogP contribution in [-0.2, 0) is 4.74 Å². The quantitative estimate of drug-likeness (QED) is 0.567. The van der Waals surface area contributed by atoms with Gasteiger partial charge in [0.15, 0.2) is 11.1 Å². The van der Waals surface area contributed by atoms with Gasteiger partial charge >= 0.3 is 0 Å². The van der Waals surface area contributed by atoms with Crippen LogP contribution in [0.15, 0.2) is 46.4 Å². The van der Waals surface area contributed by atoms with Crippen LogP contribution in [-0.4, -0.2) is 16.7 Å². The number of fused-ring (bicyclic) bond motifs is 1. The topological polar surface area (TPSA) is 55.5 Å². The Hall–Kier alpha value is -2.75. The van der Waals surface area contributed by atoms with Crippen LogP contribution in [0.2, 0.25) is 0 Å². The number of ether oxygens (including phenoxy) is 1. The van der Waals surface area contributed by atoms with E-state index in [9.17, 15) is 5.11 Å². The Balaban J connectivity index is 1.87. The van der Waals surface area contributed by atoms with Crippen LogP contribution in [0.1, 0.15) is 45.7 Å². The molecule has 146 valence electrons. The number of phenols is 1. The molecule has 0 fully saturated rings. The molecule has 2 aromatic carbocycles. The summed E-state index contributed by atoms with van der Waals surface area (Å²) in [6.07, 6.45) is 0. The third-order valence-electron chi connectivity index (χ3n) is 5.27. The SMILES string of the molecule is Cc1ccc(-c2nc3c(O)cc(C4=C(C(C)(C)C)C(C)(C)CO4)cc3o2)cc1. The summed E-state index contributed by atoms with van der Waals surface area (Å²) in [6, 6.07) is 11.6. The molecule has 0 bridgehead atoms. The molecular weight excluding hydrogens is 350 g/mol. The fourth-order valence-corrected chi connectivity index (χ4v) is 4.25. The van der Waals surface area contributed by atoms with Gasteiger partial charge in [-0.3, -0.25) is 0 Å². The maximum atomic E-state index is 10.6. The lowest BCUT2D eigenvalue weighted by atomic mass is 9.71. The van der Waals surface area contributed by atoms with Crippen LogP contribution in [0, 0.1) is 17.8 Å². The molecule has 0 amide bonds. The van der Waals surface area contributed by atoms with Gasteiger partial charge in [-0.25, -0.2) is 4.98 Å². The predicted octanol–water partition coefficient (Wildman–Crippen LogP) is 6.32. The third-order valence-corrected chi connectivity index (χ3v) is 5.27. The lowest BCUT2D eigenvalue weighted by molar-refractivity contribution is 0.213. The number of benzene rings is 2. The van der Waals surface area contributed by atoms with E-state index in [1.807, 2.05) is 37.3 Å². The zero-order valence-electron chi connectivity index (χ0n) is 17.4. The number of oxazole rings is 1. The van der Waals surface area contributed by atoms with Gasteiger partial charge in [0.25, 0.3) is 0 Å². The Morgan fingerprint density at radius 2 is 1.71 bits per heavy atom. The number of aromatic hydroxyl groups is 1.